The summed E-state index contributed by atoms with van der Waals surface area (Å²) in [5, 5.41) is 5.18. The number of alkyl carbamates (subject to hydrolysis) is 2. The third-order valence-electron chi connectivity index (χ3n) is 5.59. The molecule has 2 aromatic carbocycles. The van der Waals surface area contributed by atoms with Gasteiger partial charge >= 0.3 is 30.1 Å². The molecule has 0 heterocycles. The van der Waals surface area contributed by atoms with E-state index in [2.05, 4.69) is 21.9 Å². The van der Waals surface area contributed by atoms with Gasteiger partial charge in [-0.1, -0.05) is 43.0 Å². The van der Waals surface area contributed by atoms with Crippen LogP contribution >= 0.6 is 0 Å². The van der Waals surface area contributed by atoms with Crippen LogP contribution in [0.2, 0.25) is 0 Å². The van der Waals surface area contributed by atoms with E-state index in [1.54, 1.807) is 43.3 Å². The van der Waals surface area contributed by atoms with Crippen LogP contribution in [0.1, 0.15) is 52.6 Å². The normalized spacial score (nSPS) is 11.5. The second kappa shape index (κ2) is 19.0. The molecule has 2 N–H and O–H groups in total. The van der Waals surface area contributed by atoms with E-state index in [1.807, 2.05) is 0 Å². The van der Waals surface area contributed by atoms with Gasteiger partial charge in [-0.3, -0.25) is 4.79 Å². The van der Waals surface area contributed by atoms with Gasteiger partial charge in [0.2, 0.25) is 0 Å². The minimum Gasteiger partial charge on any atom is -0.464 e. The van der Waals surface area contributed by atoms with Crippen molar-refractivity contribution >= 4 is 36.6 Å². The van der Waals surface area contributed by atoms with Gasteiger partial charge in [-0.05, 0) is 44.0 Å². The fourth-order valence-electron chi connectivity index (χ4n) is 3.47. The zero-order valence-corrected chi connectivity index (χ0v) is 25.2. The van der Waals surface area contributed by atoms with Crippen LogP contribution in [-0.2, 0) is 51.1 Å². The highest BCUT2D eigenvalue weighted by atomic mass is 16.6. The van der Waals surface area contributed by atoms with E-state index in [-0.39, 0.29) is 62.7 Å². The van der Waals surface area contributed by atoms with Gasteiger partial charge in [-0.25, -0.2) is 24.0 Å². The number of amides is 2. The summed E-state index contributed by atoms with van der Waals surface area (Å²) in [5.41, 5.74) is 1.57. The molecule has 2 aromatic rings. The third-order valence-corrected chi connectivity index (χ3v) is 5.59. The van der Waals surface area contributed by atoms with E-state index in [1.165, 1.54) is 26.0 Å². The zero-order chi connectivity index (χ0) is 33.2. The molecule has 2 amide bonds. The minimum atomic E-state index is -0.829. The zero-order valence-electron chi connectivity index (χ0n) is 25.2. The molecule has 0 aliphatic heterocycles. The molecular weight excluding hydrogens is 592 g/mol. The Bertz CT molecular complexity index is 1360. The van der Waals surface area contributed by atoms with E-state index < -0.39 is 42.3 Å². The Morgan fingerprint density at radius 1 is 0.756 bits per heavy atom. The van der Waals surface area contributed by atoms with Gasteiger partial charge in [0.25, 0.3) is 6.47 Å². The van der Waals surface area contributed by atoms with Crippen molar-refractivity contribution in [3.8, 4) is 0 Å². The molecule has 0 saturated carbocycles. The number of hydrogen-bond donors (Lipinski definition) is 2. The first-order valence-electron chi connectivity index (χ1n) is 13.8. The van der Waals surface area contributed by atoms with E-state index in [4.69, 9.17) is 23.7 Å². The fourth-order valence-corrected chi connectivity index (χ4v) is 3.47. The quantitative estimate of drug-likeness (QED) is 0.0859. The van der Waals surface area contributed by atoms with Gasteiger partial charge in [0.1, 0.15) is 38.6 Å². The molecule has 0 saturated heterocycles. The summed E-state index contributed by atoms with van der Waals surface area (Å²) in [7, 11) is 0. The van der Waals surface area contributed by atoms with Crippen molar-refractivity contribution in [2.75, 3.05) is 26.4 Å². The van der Waals surface area contributed by atoms with Crippen LogP contribution in [0.3, 0.4) is 0 Å². The summed E-state index contributed by atoms with van der Waals surface area (Å²) >= 11 is 0. The maximum atomic E-state index is 12.7. The van der Waals surface area contributed by atoms with Crippen LogP contribution in [0.15, 0.2) is 60.7 Å². The van der Waals surface area contributed by atoms with E-state index >= 15 is 0 Å². The van der Waals surface area contributed by atoms with Crippen LogP contribution in [0, 0.1) is 0 Å². The summed E-state index contributed by atoms with van der Waals surface area (Å²) in [5.74, 6) is -2.26. The molecule has 14 heteroatoms. The Labute approximate surface area is 259 Å². The molecule has 0 bridgehead atoms. The van der Waals surface area contributed by atoms with E-state index in [0.717, 1.165) is 11.1 Å². The van der Waals surface area contributed by atoms with Crippen molar-refractivity contribution < 1.29 is 57.2 Å². The van der Waals surface area contributed by atoms with Gasteiger partial charge < -0.3 is 39.1 Å². The highest BCUT2D eigenvalue weighted by molar-refractivity contribution is 6.03. The Hall–Kier alpha value is -5.40. The van der Waals surface area contributed by atoms with Crippen molar-refractivity contribution in [1.82, 2.24) is 10.6 Å². The molecule has 2 atom stereocenters. The molecule has 0 aliphatic carbocycles. The summed E-state index contributed by atoms with van der Waals surface area (Å²) in [4.78, 5) is 70.9. The molecule has 14 nitrogen and oxygen atoms in total. The number of benzene rings is 2. The fraction of sp³-hybridized carbons (Fsp3) is 0.355. The number of hydrogen-bond acceptors (Lipinski definition) is 12. The topological polar surface area (TPSA) is 182 Å². The lowest BCUT2D eigenvalue weighted by Crippen LogP contribution is -2.30. The monoisotopic (exact) mass is 628 g/mol. The van der Waals surface area contributed by atoms with Crippen LogP contribution in [0.25, 0.3) is 0 Å². The maximum absolute atomic E-state index is 12.7. The Kier molecular flexibility index (Phi) is 15.1. The third kappa shape index (κ3) is 13.6. The predicted octanol–water partition coefficient (Wildman–Crippen LogP) is 3.22. The highest BCUT2D eigenvalue weighted by Crippen LogP contribution is 2.13. The van der Waals surface area contributed by atoms with Crippen molar-refractivity contribution in [3.63, 3.8) is 0 Å². The first-order valence-corrected chi connectivity index (χ1v) is 13.8. The van der Waals surface area contributed by atoms with Gasteiger partial charge in [-0.15, -0.1) is 0 Å². The van der Waals surface area contributed by atoms with Gasteiger partial charge in [0.15, 0.2) is 0 Å². The Balaban J connectivity index is 1.77. The molecule has 2 rings (SSSR count). The van der Waals surface area contributed by atoms with Crippen LogP contribution in [0.5, 0.6) is 0 Å². The molecular formula is C31H36N2O12. The molecule has 45 heavy (non-hydrogen) atoms. The summed E-state index contributed by atoms with van der Waals surface area (Å²) in [6.07, 6.45) is -2.87. The Morgan fingerprint density at radius 3 is 1.80 bits per heavy atom. The molecule has 0 radical (unpaired) electrons. The van der Waals surface area contributed by atoms with Gasteiger partial charge in [0, 0.05) is 18.7 Å². The summed E-state index contributed by atoms with van der Waals surface area (Å²) in [6, 6.07) is 12.9. The Morgan fingerprint density at radius 2 is 1.27 bits per heavy atom. The number of nitrogens with one attached hydrogen (secondary N) is 2. The highest BCUT2D eigenvalue weighted by Gasteiger charge is 2.21. The van der Waals surface area contributed by atoms with Gasteiger partial charge in [0.05, 0.1) is 11.1 Å². The molecule has 0 fully saturated rings. The first kappa shape index (κ1) is 35.8. The van der Waals surface area contributed by atoms with E-state index in [0.29, 0.717) is 0 Å². The number of esters is 3. The van der Waals surface area contributed by atoms with Crippen LogP contribution in [0.4, 0.5) is 9.59 Å². The number of carbonyl (C=O) groups is 6. The van der Waals surface area contributed by atoms with Crippen molar-refractivity contribution in [2.45, 2.75) is 46.1 Å². The standard InChI is InChI=1S/C31H36N2O12/c1-20(2)27(35)41-12-13-42-28(36)25-10-5-6-11-26(25)29(37)43-18-22(4)45-31(39)33-16-24-9-7-8-23(14-24)15-32-30(38)44-21(3)17-40-19-34/h5-11,14,19,21-22H,1,12-13,15-18H2,2-4H3,(H,32,38)(H,33,39). The average molecular weight is 629 g/mol. The summed E-state index contributed by atoms with van der Waals surface area (Å²) in [6.45, 7) is 7.83. The largest absolute Gasteiger partial charge is 0.464 e. The van der Waals surface area contributed by atoms with Gasteiger partial charge in [-0.2, -0.15) is 0 Å². The molecule has 242 valence electrons. The number of ether oxygens (including phenoxy) is 6. The predicted molar refractivity (Wildman–Crippen MR) is 157 cm³/mol. The molecule has 0 spiro atoms. The number of carbonyl (C=O) groups excluding carboxylic acids is 6. The number of rotatable bonds is 17. The summed E-state index contributed by atoms with van der Waals surface area (Å²) < 4.78 is 30.0. The smallest absolute Gasteiger partial charge is 0.407 e. The minimum absolute atomic E-state index is 0.0480. The van der Waals surface area contributed by atoms with Crippen molar-refractivity contribution in [3.05, 3.63) is 82.9 Å². The first-order chi connectivity index (χ1) is 21.5. The van der Waals surface area contributed by atoms with Crippen LogP contribution < -0.4 is 10.6 Å². The van der Waals surface area contributed by atoms with Crippen LogP contribution in [-0.4, -0.2) is 75.2 Å². The lowest BCUT2D eigenvalue weighted by molar-refractivity contribution is -0.140. The van der Waals surface area contributed by atoms with Crippen molar-refractivity contribution in [1.29, 1.82) is 0 Å². The molecule has 0 aromatic heterocycles. The lowest BCUT2D eigenvalue weighted by atomic mass is 10.1. The maximum Gasteiger partial charge on any atom is 0.407 e. The SMILES string of the molecule is C=C(C)C(=O)OCCOC(=O)c1ccccc1C(=O)OCC(C)OC(=O)NCc1cccc(CNC(=O)OC(C)COC=O)c1. The van der Waals surface area contributed by atoms with E-state index in [9.17, 15) is 28.8 Å². The molecule has 2 unspecified atom stereocenters. The average Bonchev–Trinajstić information content (AvgIpc) is 3.02. The van der Waals surface area contributed by atoms with Crippen molar-refractivity contribution in [2.24, 2.45) is 0 Å². The lowest BCUT2D eigenvalue weighted by Gasteiger charge is -2.15. The molecule has 0 aliphatic rings. The second-order valence-corrected chi connectivity index (χ2v) is 9.58. The second-order valence-electron chi connectivity index (χ2n) is 9.58.